The summed E-state index contributed by atoms with van der Waals surface area (Å²) in [5.41, 5.74) is 5.51. The fourth-order valence-electron chi connectivity index (χ4n) is 4.42. The Morgan fingerprint density at radius 3 is 2.44 bits per heavy atom. The molecule has 1 fully saturated rings. The van der Waals surface area contributed by atoms with Gasteiger partial charge in [-0.25, -0.2) is 0 Å². The number of nitrogens with zero attached hydrogens (tertiary/aromatic N) is 6. The molecule has 2 unspecified atom stereocenters. The first-order chi connectivity index (χ1) is 15.2. The number of carbonyl (C=O) groups excluding carboxylic acids is 1. The summed E-state index contributed by atoms with van der Waals surface area (Å²) < 4.78 is 0. The number of amides is 1. The van der Waals surface area contributed by atoms with Crippen LogP contribution < -0.4 is 5.73 Å². The maximum Gasteiger partial charge on any atom is 0.241 e. The van der Waals surface area contributed by atoms with Crippen molar-refractivity contribution >= 4 is 14.5 Å². The third kappa shape index (κ3) is 4.89. The largest absolute Gasteiger partial charge is 0.368 e. The van der Waals surface area contributed by atoms with Crippen LogP contribution in [0, 0.1) is 4.91 Å². The number of primary amides is 1. The van der Waals surface area contributed by atoms with Crippen LogP contribution in [0.25, 0.3) is 0 Å². The number of hydrogen-bond acceptors (Lipinski definition) is 7. The van der Waals surface area contributed by atoms with Crippen molar-refractivity contribution in [2.24, 2.45) is 10.9 Å². The second kappa shape index (κ2) is 9.71. The van der Waals surface area contributed by atoms with Crippen LogP contribution in [0.3, 0.4) is 0 Å². The minimum absolute atomic E-state index is 0.0824. The molecule has 1 aromatic carbocycles. The number of nitrogens with two attached hydrogens (primary N) is 1. The number of carbonyl (C=O) groups is 1. The highest BCUT2D eigenvalue weighted by molar-refractivity contribution is 7.39. The van der Waals surface area contributed by atoms with E-state index in [-0.39, 0.29) is 17.1 Å². The Hall–Kier alpha value is -2.25. The number of benzene rings is 1. The van der Waals surface area contributed by atoms with E-state index in [1.54, 1.807) is 0 Å². The second-order valence-corrected chi connectivity index (χ2v) is 11.0. The van der Waals surface area contributed by atoms with Gasteiger partial charge in [-0.1, -0.05) is 42.4 Å². The zero-order chi connectivity index (χ0) is 23.4. The van der Waals surface area contributed by atoms with Crippen LogP contribution in [0.4, 0.5) is 0 Å². The standard InChI is InChI=1S/C22H34N7O2P/c1-20(2,26-31)21(3,32-4)10-13-28-14-11-22(12-15-28,17-8-6-5-7-9-17)19-24-27-29(25-19)16-18(23)30/h5-9,32H,10-16H2,1-4H3,(H2,23,30). The van der Waals surface area contributed by atoms with Crippen LogP contribution in [0.15, 0.2) is 35.5 Å². The van der Waals surface area contributed by atoms with Crippen molar-refractivity contribution < 1.29 is 4.79 Å². The molecule has 1 aliphatic heterocycles. The summed E-state index contributed by atoms with van der Waals surface area (Å²) in [4.78, 5) is 26.4. The van der Waals surface area contributed by atoms with Crippen molar-refractivity contribution in [3.8, 4) is 0 Å². The van der Waals surface area contributed by atoms with Gasteiger partial charge in [-0.3, -0.25) is 4.79 Å². The van der Waals surface area contributed by atoms with Crippen LogP contribution >= 0.6 is 8.58 Å². The molecule has 3 rings (SSSR count). The number of likely N-dealkylation sites (tertiary alicyclic amines) is 1. The summed E-state index contributed by atoms with van der Waals surface area (Å²) >= 11 is 0. The molecule has 10 heteroatoms. The van der Waals surface area contributed by atoms with Gasteiger partial charge in [0.25, 0.3) is 0 Å². The molecule has 2 aromatic rings. The minimum Gasteiger partial charge on any atom is -0.368 e. The molecule has 2 heterocycles. The first-order valence-corrected chi connectivity index (χ1v) is 12.5. The maximum atomic E-state index is 11.4. The van der Waals surface area contributed by atoms with Crippen molar-refractivity contribution in [1.82, 2.24) is 25.1 Å². The molecular weight excluding hydrogens is 425 g/mol. The lowest BCUT2D eigenvalue weighted by molar-refractivity contribution is -0.119. The quantitative estimate of drug-likeness (QED) is 0.431. The predicted octanol–water partition coefficient (Wildman–Crippen LogP) is 2.54. The Morgan fingerprint density at radius 1 is 1.22 bits per heavy atom. The fourth-order valence-corrected chi connectivity index (χ4v) is 5.44. The summed E-state index contributed by atoms with van der Waals surface area (Å²) in [5.74, 6) is 0.140. The highest BCUT2D eigenvalue weighted by atomic mass is 31.1. The van der Waals surface area contributed by atoms with E-state index in [9.17, 15) is 9.70 Å². The van der Waals surface area contributed by atoms with E-state index >= 15 is 0 Å². The number of nitroso groups, excluding NO2 is 1. The first kappa shape index (κ1) is 24.4. The van der Waals surface area contributed by atoms with E-state index in [0.717, 1.165) is 44.5 Å². The molecule has 0 radical (unpaired) electrons. The van der Waals surface area contributed by atoms with E-state index in [4.69, 9.17) is 5.73 Å². The zero-order valence-electron chi connectivity index (χ0n) is 19.4. The van der Waals surface area contributed by atoms with Gasteiger partial charge in [0, 0.05) is 5.16 Å². The zero-order valence-corrected chi connectivity index (χ0v) is 20.4. The fraction of sp³-hybridized carbons (Fsp3) is 0.636. The Balaban J connectivity index is 1.77. The van der Waals surface area contributed by atoms with Gasteiger partial charge in [0.05, 0.1) is 5.41 Å². The van der Waals surface area contributed by atoms with Gasteiger partial charge in [0.2, 0.25) is 5.91 Å². The molecule has 0 bridgehead atoms. The van der Waals surface area contributed by atoms with Crippen molar-refractivity contribution in [3.05, 3.63) is 46.6 Å². The Labute approximate surface area is 191 Å². The molecule has 2 atom stereocenters. The number of hydrogen-bond donors (Lipinski definition) is 1. The van der Waals surface area contributed by atoms with Crippen molar-refractivity contribution in [2.75, 3.05) is 26.3 Å². The van der Waals surface area contributed by atoms with E-state index in [2.05, 4.69) is 51.2 Å². The summed E-state index contributed by atoms with van der Waals surface area (Å²) in [7, 11) is 0.636. The third-order valence-electron chi connectivity index (χ3n) is 7.27. The maximum absolute atomic E-state index is 11.4. The highest BCUT2D eigenvalue weighted by Gasteiger charge is 2.44. The molecule has 0 aliphatic carbocycles. The van der Waals surface area contributed by atoms with Gasteiger partial charge < -0.3 is 10.6 Å². The van der Waals surface area contributed by atoms with Crippen LogP contribution in [0.5, 0.6) is 0 Å². The lowest BCUT2D eigenvalue weighted by atomic mass is 9.72. The number of tetrazole rings is 1. The van der Waals surface area contributed by atoms with Crippen molar-refractivity contribution in [1.29, 1.82) is 0 Å². The summed E-state index contributed by atoms with van der Waals surface area (Å²) in [6, 6.07) is 10.3. The molecule has 174 valence electrons. The monoisotopic (exact) mass is 459 g/mol. The summed E-state index contributed by atoms with van der Waals surface area (Å²) in [6.45, 7) is 10.8. The highest BCUT2D eigenvalue weighted by Crippen LogP contribution is 2.45. The molecule has 32 heavy (non-hydrogen) atoms. The van der Waals surface area contributed by atoms with Crippen LogP contribution in [0.1, 0.15) is 51.4 Å². The summed E-state index contributed by atoms with van der Waals surface area (Å²) in [5, 5.41) is 16.2. The first-order valence-electron chi connectivity index (χ1n) is 11.0. The van der Waals surface area contributed by atoms with Crippen LogP contribution in [0.2, 0.25) is 0 Å². The number of aromatic nitrogens is 4. The number of rotatable bonds is 10. The molecule has 1 amide bonds. The third-order valence-corrected chi connectivity index (χ3v) is 9.24. The molecule has 0 spiro atoms. The summed E-state index contributed by atoms with van der Waals surface area (Å²) in [6.07, 6.45) is 2.62. The van der Waals surface area contributed by atoms with Gasteiger partial charge >= 0.3 is 0 Å². The topological polar surface area (TPSA) is 119 Å². The minimum atomic E-state index is -0.591. The van der Waals surface area contributed by atoms with E-state index in [1.165, 1.54) is 4.80 Å². The normalized spacial score (nSPS) is 19.1. The second-order valence-electron chi connectivity index (χ2n) is 9.38. The van der Waals surface area contributed by atoms with E-state index < -0.39 is 11.4 Å². The smallest absolute Gasteiger partial charge is 0.241 e. The van der Waals surface area contributed by atoms with Gasteiger partial charge in [0.1, 0.15) is 12.1 Å². The molecule has 9 nitrogen and oxygen atoms in total. The van der Waals surface area contributed by atoms with E-state index in [1.807, 2.05) is 32.0 Å². The SMILES string of the molecule is CPC(C)(CCN1CCC(c2ccccc2)(c2nnn(CC(N)=O)n2)CC1)C(C)(C)N=O. The lowest BCUT2D eigenvalue weighted by Crippen LogP contribution is -2.48. The average Bonchev–Trinajstić information content (AvgIpc) is 3.26. The lowest BCUT2D eigenvalue weighted by Gasteiger charge is -2.43. The Bertz CT molecular complexity index is 925. The molecule has 1 saturated heterocycles. The molecule has 2 N–H and O–H groups in total. The number of piperidine rings is 1. The van der Waals surface area contributed by atoms with Gasteiger partial charge in [-0.2, -0.15) is 9.70 Å². The van der Waals surface area contributed by atoms with Crippen molar-refractivity contribution in [3.63, 3.8) is 0 Å². The molecule has 0 saturated carbocycles. The molecule has 1 aliphatic rings. The van der Waals surface area contributed by atoms with Crippen LogP contribution in [-0.2, 0) is 16.8 Å². The van der Waals surface area contributed by atoms with Crippen LogP contribution in [-0.4, -0.2) is 68.0 Å². The molecule has 1 aromatic heterocycles. The van der Waals surface area contributed by atoms with Gasteiger partial charge in [0.15, 0.2) is 5.82 Å². The van der Waals surface area contributed by atoms with Gasteiger partial charge in [-0.15, -0.1) is 18.8 Å². The van der Waals surface area contributed by atoms with Crippen molar-refractivity contribution in [2.45, 2.75) is 62.7 Å². The Morgan fingerprint density at radius 2 is 1.88 bits per heavy atom. The van der Waals surface area contributed by atoms with Gasteiger partial charge in [-0.05, 0) is 70.2 Å². The predicted molar refractivity (Wildman–Crippen MR) is 127 cm³/mol. The van der Waals surface area contributed by atoms with E-state index in [0.29, 0.717) is 14.4 Å². The average molecular weight is 460 g/mol. The molecular formula is C22H34N7O2P. The Kier molecular flexibility index (Phi) is 7.40.